The molecule has 1 aromatic rings. The van der Waals surface area contributed by atoms with Gasteiger partial charge in [0.15, 0.2) is 0 Å². The Kier molecular flexibility index (Phi) is 5.61. The zero-order valence-corrected chi connectivity index (χ0v) is 13.9. The van der Waals surface area contributed by atoms with Gasteiger partial charge in [0.2, 0.25) is 0 Å². The summed E-state index contributed by atoms with van der Waals surface area (Å²) in [5, 5.41) is 3.95. The van der Waals surface area contributed by atoms with E-state index in [1.807, 2.05) is 0 Å². The number of rotatable bonds is 4. The third-order valence-electron chi connectivity index (χ3n) is 4.91. The van der Waals surface area contributed by atoms with E-state index >= 15 is 0 Å². The molecule has 1 N–H and O–H groups in total. The summed E-state index contributed by atoms with van der Waals surface area (Å²) in [7, 11) is 0. The van der Waals surface area contributed by atoms with Crippen molar-refractivity contribution in [2.45, 2.75) is 44.8 Å². The molecule has 2 heterocycles. The lowest BCUT2D eigenvalue weighted by molar-refractivity contribution is 0.133. The van der Waals surface area contributed by atoms with Gasteiger partial charge in [-0.3, -0.25) is 4.90 Å². The van der Waals surface area contributed by atoms with Crippen molar-refractivity contribution in [2.24, 2.45) is 5.92 Å². The van der Waals surface area contributed by atoms with E-state index in [1.165, 1.54) is 49.4 Å². The van der Waals surface area contributed by atoms with Crippen LogP contribution in [-0.4, -0.2) is 41.6 Å². The number of likely N-dealkylation sites (tertiary alicyclic amines) is 1. The molecule has 116 valence electrons. The predicted octanol–water partition coefficient (Wildman–Crippen LogP) is 3.38. The Hall–Kier alpha value is -0.510. The van der Waals surface area contributed by atoms with Gasteiger partial charge in [-0.15, -0.1) is 0 Å². The van der Waals surface area contributed by atoms with Crippen LogP contribution in [0.4, 0.5) is 0 Å². The van der Waals surface area contributed by atoms with Crippen LogP contribution in [0, 0.1) is 5.92 Å². The maximum Gasteiger partial charge on any atom is 0.0233 e. The van der Waals surface area contributed by atoms with Crippen LogP contribution < -0.4 is 5.32 Å². The summed E-state index contributed by atoms with van der Waals surface area (Å²) in [5.74, 6) is 3.45. The fourth-order valence-electron chi connectivity index (χ4n) is 3.63. The van der Waals surface area contributed by atoms with Gasteiger partial charge < -0.3 is 5.32 Å². The quantitative estimate of drug-likeness (QED) is 0.918. The number of nitrogens with zero attached hydrogens (tertiary/aromatic N) is 1. The number of piperidine rings is 1. The number of hydrogen-bond donors (Lipinski definition) is 1. The number of thioether (sulfide) groups is 1. The first kappa shape index (κ1) is 15.4. The minimum atomic E-state index is 0.727. The molecular formula is C18H28N2S. The molecule has 21 heavy (non-hydrogen) atoms. The molecule has 3 heteroatoms. The highest BCUT2D eigenvalue weighted by Gasteiger charge is 2.28. The molecule has 2 fully saturated rings. The van der Waals surface area contributed by atoms with Gasteiger partial charge in [-0.2, -0.15) is 11.8 Å². The van der Waals surface area contributed by atoms with Crippen LogP contribution in [0.25, 0.3) is 0 Å². The topological polar surface area (TPSA) is 15.3 Å². The zero-order chi connectivity index (χ0) is 14.5. The first-order chi connectivity index (χ1) is 10.3. The second-order valence-corrected chi connectivity index (χ2v) is 7.87. The molecule has 2 nitrogen and oxygen atoms in total. The largest absolute Gasteiger partial charge is 0.311 e. The van der Waals surface area contributed by atoms with Gasteiger partial charge >= 0.3 is 0 Å². The highest BCUT2D eigenvalue weighted by molar-refractivity contribution is 7.99. The molecule has 0 spiro atoms. The highest BCUT2D eigenvalue weighted by Crippen LogP contribution is 2.23. The monoisotopic (exact) mass is 304 g/mol. The SMILES string of the molecule is CC1CN(Cc2ccccc2)CCC1NC1CCSCC1. The van der Waals surface area contributed by atoms with Crippen molar-refractivity contribution in [1.29, 1.82) is 0 Å². The van der Waals surface area contributed by atoms with Gasteiger partial charge in [-0.05, 0) is 48.8 Å². The second kappa shape index (κ2) is 7.66. The lowest BCUT2D eigenvalue weighted by Gasteiger charge is -2.39. The fraction of sp³-hybridized carbons (Fsp3) is 0.667. The van der Waals surface area contributed by atoms with Crippen molar-refractivity contribution in [1.82, 2.24) is 10.2 Å². The minimum Gasteiger partial charge on any atom is -0.311 e. The van der Waals surface area contributed by atoms with Gasteiger partial charge in [-0.1, -0.05) is 37.3 Å². The molecule has 2 unspecified atom stereocenters. The Balaban J connectivity index is 1.47. The minimum absolute atomic E-state index is 0.727. The maximum absolute atomic E-state index is 3.95. The van der Waals surface area contributed by atoms with E-state index in [1.54, 1.807) is 0 Å². The van der Waals surface area contributed by atoms with E-state index in [0.29, 0.717) is 0 Å². The lowest BCUT2D eigenvalue weighted by Crippen LogP contribution is -2.51. The highest BCUT2D eigenvalue weighted by atomic mass is 32.2. The predicted molar refractivity (Wildman–Crippen MR) is 92.8 cm³/mol. The molecule has 0 amide bonds. The molecule has 0 aliphatic carbocycles. The summed E-state index contributed by atoms with van der Waals surface area (Å²) in [6.07, 6.45) is 4.03. The summed E-state index contributed by atoms with van der Waals surface area (Å²) in [4.78, 5) is 2.62. The third kappa shape index (κ3) is 4.48. The van der Waals surface area contributed by atoms with Crippen LogP contribution in [0.15, 0.2) is 30.3 Å². The van der Waals surface area contributed by atoms with Crippen molar-refractivity contribution in [3.8, 4) is 0 Å². The molecule has 2 atom stereocenters. The molecule has 0 radical (unpaired) electrons. The van der Waals surface area contributed by atoms with Crippen LogP contribution in [-0.2, 0) is 6.54 Å². The van der Waals surface area contributed by atoms with Crippen LogP contribution in [0.5, 0.6) is 0 Å². The second-order valence-electron chi connectivity index (χ2n) is 6.65. The molecule has 0 bridgehead atoms. The van der Waals surface area contributed by atoms with Gasteiger partial charge in [0.25, 0.3) is 0 Å². The smallest absolute Gasteiger partial charge is 0.0233 e. The molecular weight excluding hydrogens is 276 g/mol. The Morgan fingerprint density at radius 3 is 2.62 bits per heavy atom. The van der Waals surface area contributed by atoms with E-state index in [0.717, 1.165) is 24.5 Å². The first-order valence-electron chi connectivity index (χ1n) is 8.41. The van der Waals surface area contributed by atoms with Crippen molar-refractivity contribution in [3.63, 3.8) is 0 Å². The van der Waals surface area contributed by atoms with E-state index in [2.05, 4.69) is 59.2 Å². The van der Waals surface area contributed by atoms with Crippen LogP contribution >= 0.6 is 11.8 Å². The third-order valence-corrected chi connectivity index (χ3v) is 5.96. The standard InChI is InChI=1S/C18H28N2S/c1-15-13-20(14-16-5-3-2-4-6-16)10-7-18(15)19-17-8-11-21-12-9-17/h2-6,15,17-19H,7-14H2,1H3. The molecule has 3 rings (SSSR count). The summed E-state index contributed by atoms with van der Waals surface area (Å²) in [5.41, 5.74) is 1.44. The van der Waals surface area contributed by atoms with E-state index in [-0.39, 0.29) is 0 Å². The number of benzene rings is 1. The van der Waals surface area contributed by atoms with Gasteiger partial charge in [0, 0.05) is 25.2 Å². The van der Waals surface area contributed by atoms with E-state index in [9.17, 15) is 0 Å². The van der Waals surface area contributed by atoms with Crippen LogP contribution in [0.1, 0.15) is 31.7 Å². The molecule has 2 saturated heterocycles. The Morgan fingerprint density at radius 2 is 1.90 bits per heavy atom. The summed E-state index contributed by atoms with van der Waals surface area (Å²) in [6.45, 7) is 6.00. The fourth-order valence-corrected chi connectivity index (χ4v) is 4.74. The maximum atomic E-state index is 3.95. The van der Waals surface area contributed by atoms with Crippen molar-refractivity contribution < 1.29 is 0 Å². The van der Waals surface area contributed by atoms with Crippen molar-refractivity contribution in [2.75, 3.05) is 24.6 Å². The molecule has 0 saturated carbocycles. The summed E-state index contributed by atoms with van der Waals surface area (Å²) in [6, 6.07) is 12.4. The number of hydrogen-bond acceptors (Lipinski definition) is 3. The molecule has 1 aromatic carbocycles. The zero-order valence-electron chi connectivity index (χ0n) is 13.1. The first-order valence-corrected chi connectivity index (χ1v) is 9.57. The lowest BCUT2D eigenvalue weighted by atomic mass is 9.92. The molecule has 2 aliphatic heterocycles. The Labute approximate surface area is 133 Å². The van der Waals surface area contributed by atoms with Gasteiger partial charge in [-0.25, -0.2) is 0 Å². The average molecular weight is 305 g/mol. The molecule has 2 aliphatic rings. The van der Waals surface area contributed by atoms with Gasteiger partial charge in [0.05, 0.1) is 0 Å². The summed E-state index contributed by atoms with van der Waals surface area (Å²) < 4.78 is 0. The van der Waals surface area contributed by atoms with Crippen molar-refractivity contribution in [3.05, 3.63) is 35.9 Å². The Morgan fingerprint density at radius 1 is 1.14 bits per heavy atom. The van der Waals surface area contributed by atoms with E-state index < -0.39 is 0 Å². The van der Waals surface area contributed by atoms with Crippen molar-refractivity contribution >= 4 is 11.8 Å². The van der Waals surface area contributed by atoms with Gasteiger partial charge in [0.1, 0.15) is 0 Å². The van der Waals surface area contributed by atoms with E-state index in [4.69, 9.17) is 0 Å². The Bertz CT molecular complexity index is 416. The normalized spacial score (nSPS) is 28.6. The average Bonchev–Trinajstić information content (AvgIpc) is 2.52. The summed E-state index contributed by atoms with van der Waals surface area (Å²) >= 11 is 2.11. The van der Waals surface area contributed by atoms with Crippen LogP contribution in [0.3, 0.4) is 0 Å². The molecule has 0 aromatic heterocycles. The van der Waals surface area contributed by atoms with Crippen LogP contribution in [0.2, 0.25) is 0 Å². The number of nitrogens with one attached hydrogen (secondary N) is 1.